The van der Waals surface area contributed by atoms with Crippen molar-refractivity contribution in [1.82, 2.24) is 30.2 Å². The average molecular weight is 290 g/mol. The molecule has 0 aromatic carbocycles. The van der Waals surface area contributed by atoms with Crippen LogP contribution in [0.2, 0.25) is 0 Å². The summed E-state index contributed by atoms with van der Waals surface area (Å²) in [5.74, 6) is 1.48. The van der Waals surface area contributed by atoms with Crippen molar-refractivity contribution in [2.45, 2.75) is 13.3 Å². The largest absolute Gasteiger partial charge is 0.354 e. The van der Waals surface area contributed by atoms with Crippen LogP contribution in [-0.4, -0.2) is 69.4 Å². The summed E-state index contributed by atoms with van der Waals surface area (Å²) in [6, 6.07) is 3.89. The smallest absolute Gasteiger partial charge is 0.200 e. The van der Waals surface area contributed by atoms with Gasteiger partial charge < -0.3 is 15.5 Å². The van der Waals surface area contributed by atoms with Crippen molar-refractivity contribution in [2.24, 2.45) is 11.7 Å². The van der Waals surface area contributed by atoms with Crippen LogP contribution >= 0.6 is 0 Å². The molecule has 1 atom stereocenters. The van der Waals surface area contributed by atoms with Crippen LogP contribution in [0.1, 0.15) is 13.3 Å². The molecule has 0 aliphatic carbocycles. The standard InChI is InChI=1S/C13H22N8/c1-11(9-14)10-19-5-2-6-20(8-7-19)13-4-3-12-15-17-18-21(12)16-13/h3-4,11H,2,5-10,14H2,1H3. The number of hydrogen-bond acceptors (Lipinski definition) is 7. The highest BCUT2D eigenvalue weighted by Gasteiger charge is 2.17. The van der Waals surface area contributed by atoms with Crippen LogP contribution in [0.4, 0.5) is 5.82 Å². The zero-order valence-electron chi connectivity index (χ0n) is 12.4. The first-order valence-electron chi connectivity index (χ1n) is 7.49. The highest BCUT2D eigenvalue weighted by atomic mass is 15.6. The zero-order valence-corrected chi connectivity index (χ0v) is 12.4. The molecule has 2 aromatic heterocycles. The topological polar surface area (TPSA) is 88.5 Å². The van der Waals surface area contributed by atoms with E-state index in [2.05, 4.69) is 37.3 Å². The highest BCUT2D eigenvalue weighted by Crippen LogP contribution is 2.14. The van der Waals surface area contributed by atoms with Gasteiger partial charge in [-0.1, -0.05) is 6.92 Å². The quantitative estimate of drug-likeness (QED) is 0.821. The van der Waals surface area contributed by atoms with E-state index in [1.807, 2.05) is 12.1 Å². The van der Waals surface area contributed by atoms with Crippen molar-refractivity contribution in [3.05, 3.63) is 12.1 Å². The fourth-order valence-corrected chi connectivity index (χ4v) is 2.71. The molecule has 114 valence electrons. The van der Waals surface area contributed by atoms with E-state index >= 15 is 0 Å². The number of nitrogens with two attached hydrogens (primary N) is 1. The predicted octanol–water partition coefficient (Wildman–Crippen LogP) is -0.374. The summed E-state index contributed by atoms with van der Waals surface area (Å²) in [6.45, 7) is 8.16. The number of hydrogen-bond donors (Lipinski definition) is 1. The van der Waals surface area contributed by atoms with E-state index < -0.39 is 0 Å². The molecule has 0 spiro atoms. The zero-order chi connectivity index (χ0) is 14.7. The summed E-state index contributed by atoms with van der Waals surface area (Å²) < 4.78 is 1.48. The molecule has 0 bridgehead atoms. The van der Waals surface area contributed by atoms with Gasteiger partial charge in [-0.15, -0.1) is 14.8 Å². The van der Waals surface area contributed by atoms with Crippen LogP contribution in [0, 0.1) is 5.92 Å². The maximum atomic E-state index is 5.72. The minimum absolute atomic E-state index is 0.548. The Balaban J connectivity index is 1.66. The second-order valence-corrected chi connectivity index (χ2v) is 5.70. The van der Waals surface area contributed by atoms with Gasteiger partial charge in [-0.3, -0.25) is 0 Å². The molecule has 2 N–H and O–H groups in total. The Morgan fingerprint density at radius 3 is 3.00 bits per heavy atom. The van der Waals surface area contributed by atoms with E-state index in [1.165, 1.54) is 4.63 Å². The third-order valence-electron chi connectivity index (χ3n) is 3.94. The minimum atomic E-state index is 0.548. The third kappa shape index (κ3) is 3.27. The van der Waals surface area contributed by atoms with E-state index in [0.717, 1.165) is 51.5 Å². The molecule has 2 aromatic rings. The molecular weight excluding hydrogens is 268 g/mol. The molecule has 0 saturated carbocycles. The van der Waals surface area contributed by atoms with E-state index in [4.69, 9.17) is 5.73 Å². The van der Waals surface area contributed by atoms with E-state index in [1.54, 1.807) is 0 Å². The number of nitrogens with zero attached hydrogens (tertiary/aromatic N) is 7. The summed E-state index contributed by atoms with van der Waals surface area (Å²) in [7, 11) is 0. The average Bonchev–Trinajstić information content (AvgIpc) is 2.85. The van der Waals surface area contributed by atoms with Gasteiger partial charge in [-0.25, -0.2) is 0 Å². The predicted molar refractivity (Wildman–Crippen MR) is 80.1 cm³/mol. The van der Waals surface area contributed by atoms with Crippen molar-refractivity contribution in [3.63, 3.8) is 0 Å². The molecule has 1 aliphatic rings. The molecule has 3 rings (SSSR count). The van der Waals surface area contributed by atoms with Gasteiger partial charge in [0, 0.05) is 26.2 Å². The van der Waals surface area contributed by atoms with Crippen molar-refractivity contribution >= 4 is 11.5 Å². The van der Waals surface area contributed by atoms with E-state index in [9.17, 15) is 0 Å². The summed E-state index contributed by atoms with van der Waals surface area (Å²) >= 11 is 0. The number of fused-ring (bicyclic) bond motifs is 1. The summed E-state index contributed by atoms with van der Waals surface area (Å²) in [5, 5.41) is 15.8. The van der Waals surface area contributed by atoms with Gasteiger partial charge in [0.25, 0.3) is 0 Å². The fourth-order valence-electron chi connectivity index (χ4n) is 2.71. The lowest BCUT2D eigenvalue weighted by Crippen LogP contribution is -2.35. The molecule has 3 heterocycles. The van der Waals surface area contributed by atoms with Gasteiger partial charge in [0.1, 0.15) is 0 Å². The van der Waals surface area contributed by atoms with E-state index in [0.29, 0.717) is 11.6 Å². The Labute approximate surface area is 123 Å². The lowest BCUT2D eigenvalue weighted by atomic mass is 10.1. The molecule has 21 heavy (non-hydrogen) atoms. The third-order valence-corrected chi connectivity index (χ3v) is 3.94. The first-order chi connectivity index (χ1) is 10.3. The van der Waals surface area contributed by atoms with E-state index in [-0.39, 0.29) is 0 Å². The van der Waals surface area contributed by atoms with Crippen LogP contribution in [0.15, 0.2) is 12.1 Å². The highest BCUT2D eigenvalue weighted by molar-refractivity contribution is 5.44. The molecule has 8 heteroatoms. The van der Waals surface area contributed by atoms with Crippen LogP contribution < -0.4 is 10.6 Å². The summed E-state index contributed by atoms with van der Waals surface area (Å²) in [5.41, 5.74) is 6.39. The van der Waals surface area contributed by atoms with Crippen molar-refractivity contribution in [2.75, 3.05) is 44.2 Å². The number of anilines is 1. The second-order valence-electron chi connectivity index (χ2n) is 5.70. The molecule has 0 radical (unpaired) electrons. The normalized spacial score (nSPS) is 18.9. The number of tetrazole rings is 1. The number of rotatable bonds is 4. The monoisotopic (exact) mass is 290 g/mol. The van der Waals surface area contributed by atoms with Crippen LogP contribution in [0.5, 0.6) is 0 Å². The van der Waals surface area contributed by atoms with Crippen molar-refractivity contribution in [1.29, 1.82) is 0 Å². The molecule has 1 fully saturated rings. The summed E-state index contributed by atoms with van der Waals surface area (Å²) in [6.07, 6.45) is 1.13. The molecule has 1 unspecified atom stereocenters. The minimum Gasteiger partial charge on any atom is -0.354 e. The SMILES string of the molecule is CC(CN)CN1CCCN(c2ccc3nnnn3n2)CC1. The second kappa shape index (κ2) is 6.31. The maximum Gasteiger partial charge on any atom is 0.200 e. The Bertz CT molecular complexity index is 582. The van der Waals surface area contributed by atoms with Crippen LogP contribution in [0.25, 0.3) is 5.65 Å². The van der Waals surface area contributed by atoms with Gasteiger partial charge in [0.05, 0.1) is 0 Å². The van der Waals surface area contributed by atoms with Crippen molar-refractivity contribution < 1.29 is 0 Å². The van der Waals surface area contributed by atoms with Crippen molar-refractivity contribution in [3.8, 4) is 0 Å². The van der Waals surface area contributed by atoms with Gasteiger partial charge >= 0.3 is 0 Å². The van der Waals surface area contributed by atoms with Crippen LogP contribution in [0.3, 0.4) is 0 Å². The summed E-state index contributed by atoms with van der Waals surface area (Å²) in [4.78, 5) is 4.79. The molecule has 0 amide bonds. The Morgan fingerprint density at radius 1 is 1.24 bits per heavy atom. The molecular formula is C13H22N8. The lowest BCUT2D eigenvalue weighted by molar-refractivity contribution is 0.255. The van der Waals surface area contributed by atoms with Gasteiger partial charge in [0.15, 0.2) is 11.5 Å². The maximum absolute atomic E-state index is 5.72. The first kappa shape index (κ1) is 14.2. The van der Waals surface area contributed by atoms with Crippen LogP contribution in [-0.2, 0) is 0 Å². The number of aromatic nitrogens is 5. The fraction of sp³-hybridized carbons (Fsp3) is 0.692. The molecule has 1 aliphatic heterocycles. The van der Waals surface area contributed by atoms with Gasteiger partial charge in [0.2, 0.25) is 0 Å². The Hall–Kier alpha value is -1.80. The molecule has 1 saturated heterocycles. The van der Waals surface area contributed by atoms with Gasteiger partial charge in [-0.2, -0.15) is 0 Å². The first-order valence-corrected chi connectivity index (χ1v) is 7.49. The Kier molecular flexibility index (Phi) is 4.26. The Morgan fingerprint density at radius 2 is 2.14 bits per heavy atom. The molecule has 8 nitrogen and oxygen atoms in total. The van der Waals surface area contributed by atoms with Gasteiger partial charge in [-0.05, 0) is 48.0 Å². The lowest BCUT2D eigenvalue weighted by Gasteiger charge is -2.24.